The third-order valence-electron chi connectivity index (χ3n) is 6.88. The first-order chi connectivity index (χ1) is 17.7. The first-order valence-electron chi connectivity index (χ1n) is 12.4. The molecule has 0 spiro atoms. The van der Waals surface area contributed by atoms with Gasteiger partial charge in [0.25, 0.3) is 0 Å². The van der Waals surface area contributed by atoms with Crippen LogP contribution in [0.3, 0.4) is 0 Å². The van der Waals surface area contributed by atoms with Crippen molar-refractivity contribution in [2.45, 2.75) is 43.9 Å². The van der Waals surface area contributed by atoms with Gasteiger partial charge in [0.2, 0.25) is 0 Å². The third-order valence-corrected chi connectivity index (χ3v) is 7.72. The molecule has 1 saturated heterocycles. The van der Waals surface area contributed by atoms with E-state index < -0.39 is 6.23 Å². The van der Waals surface area contributed by atoms with Crippen LogP contribution in [0.15, 0.2) is 36.5 Å². The summed E-state index contributed by atoms with van der Waals surface area (Å²) in [6.07, 6.45) is 11.2. The Labute approximate surface area is 211 Å². The van der Waals surface area contributed by atoms with Gasteiger partial charge in [-0.25, -0.2) is 9.97 Å². The van der Waals surface area contributed by atoms with E-state index in [-0.39, 0.29) is 0 Å². The minimum absolute atomic E-state index is 0.470. The van der Waals surface area contributed by atoms with E-state index in [2.05, 4.69) is 46.1 Å². The fourth-order valence-electron chi connectivity index (χ4n) is 4.59. The van der Waals surface area contributed by atoms with E-state index in [0.717, 1.165) is 53.8 Å². The van der Waals surface area contributed by atoms with Crippen molar-refractivity contribution in [1.82, 2.24) is 34.3 Å². The summed E-state index contributed by atoms with van der Waals surface area (Å²) in [5.74, 6) is 1.91. The van der Waals surface area contributed by atoms with Gasteiger partial charge in [0, 0.05) is 36.6 Å². The molecule has 2 N–H and O–H groups in total. The molecule has 5 heterocycles. The number of ether oxygens (including phenoxy) is 1. The molecule has 4 aromatic rings. The first kappa shape index (κ1) is 21.9. The number of aliphatic hydroxyl groups is 1. The Balaban J connectivity index is 1.15. The number of hydrogen-bond donors (Lipinski definition) is 2. The fraction of sp³-hybridized carbons (Fsp3) is 0.458. The molecule has 2 aliphatic carbocycles. The molecular weight excluding hydrogens is 478 g/mol. The maximum Gasteiger partial charge on any atom is 0.193 e. The Morgan fingerprint density at radius 3 is 2.75 bits per heavy atom. The highest BCUT2D eigenvalue weighted by atomic mass is 32.1. The normalized spacial score (nSPS) is 19.0. The minimum atomic E-state index is -1.02. The lowest BCUT2D eigenvalue weighted by molar-refractivity contribution is 0.122. The lowest BCUT2D eigenvalue weighted by Gasteiger charge is -2.30. The highest BCUT2D eigenvalue weighted by Gasteiger charge is 2.28. The largest absolute Gasteiger partial charge is 0.378 e. The number of nitrogens with zero attached hydrogens (tertiary/aromatic N) is 8. The second-order valence-electron chi connectivity index (χ2n) is 9.56. The topological polar surface area (TPSA) is 119 Å². The van der Waals surface area contributed by atoms with Gasteiger partial charge in [0.15, 0.2) is 17.1 Å². The molecule has 0 aromatic carbocycles. The number of aromatic nitrogens is 7. The Hall–Kier alpha value is -3.35. The average molecular weight is 506 g/mol. The summed E-state index contributed by atoms with van der Waals surface area (Å²) in [7, 11) is 0. The van der Waals surface area contributed by atoms with Crippen molar-refractivity contribution in [2.75, 3.05) is 36.5 Å². The Morgan fingerprint density at radius 1 is 1.08 bits per heavy atom. The molecule has 12 heteroatoms. The van der Waals surface area contributed by atoms with Gasteiger partial charge in [-0.2, -0.15) is 0 Å². The zero-order chi connectivity index (χ0) is 24.1. The lowest BCUT2D eigenvalue weighted by Crippen LogP contribution is -2.37. The van der Waals surface area contributed by atoms with Crippen molar-refractivity contribution in [3.8, 4) is 16.5 Å². The van der Waals surface area contributed by atoms with E-state index >= 15 is 0 Å². The summed E-state index contributed by atoms with van der Waals surface area (Å²) >= 11 is 1.48. The Bertz CT molecular complexity index is 1370. The summed E-state index contributed by atoms with van der Waals surface area (Å²) in [5, 5.41) is 25.1. The fourth-order valence-corrected chi connectivity index (χ4v) is 5.34. The highest BCUT2D eigenvalue weighted by molar-refractivity contribution is 7.13. The molecule has 1 unspecified atom stereocenters. The number of thiazole rings is 1. The van der Waals surface area contributed by atoms with E-state index in [1.165, 1.54) is 24.2 Å². The molecule has 4 aromatic heterocycles. The highest BCUT2D eigenvalue weighted by Crippen LogP contribution is 2.40. The van der Waals surface area contributed by atoms with Crippen molar-refractivity contribution in [3.05, 3.63) is 47.9 Å². The lowest BCUT2D eigenvalue weighted by atomic mass is 10.2. The van der Waals surface area contributed by atoms with Crippen molar-refractivity contribution in [1.29, 1.82) is 0 Å². The quantitative estimate of drug-likeness (QED) is 0.348. The van der Waals surface area contributed by atoms with Crippen LogP contribution in [0.2, 0.25) is 0 Å². The van der Waals surface area contributed by atoms with E-state index in [1.54, 1.807) is 6.33 Å². The van der Waals surface area contributed by atoms with Gasteiger partial charge < -0.3 is 29.2 Å². The maximum absolute atomic E-state index is 11.0. The van der Waals surface area contributed by atoms with E-state index in [4.69, 9.17) is 4.74 Å². The van der Waals surface area contributed by atoms with Crippen LogP contribution < -0.4 is 10.2 Å². The smallest absolute Gasteiger partial charge is 0.193 e. The summed E-state index contributed by atoms with van der Waals surface area (Å²) in [5.41, 5.74) is 3.58. The average Bonchev–Trinajstić information content (AvgIpc) is 3.79. The molecule has 7 rings (SSSR count). The van der Waals surface area contributed by atoms with E-state index in [1.807, 2.05) is 28.5 Å². The molecule has 1 aliphatic heterocycles. The Kier molecular flexibility index (Phi) is 5.44. The monoisotopic (exact) mass is 505 g/mol. The first-order valence-corrected chi connectivity index (χ1v) is 13.3. The number of morpholine rings is 1. The zero-order valence-corrected chi connectivity index (χ0v) is 20.5. The molecule has 1 atom stereocenters. The second-order valence-corrected chi connectivity index (χ2v) is 10.4. The molecule has 186 valence electrons. The van der Waals surface area contributed by atoms with Crippen LogP contribution in [0.1, 0.15) is 55.3 Å². The molecule has 2 saturated carbocycles. The van der Waals surface area contributed by atoms with E-state index in [0.29, 0.717) is 36.7 Å². The predicted molar refractivity (Wildman–Crippen MR) is 134 cm³/mol. The summed E-state index contributed by atoms with van der Waals surface area (Å²) in [6.45, 7) is 2.96. The SMILES string of the molecule is OC(Nc1csc(-c2nncn2C2CC2)n1)c1cc(-n2cnc(C3CC3)c2)c(N2CCOCC2)cn1. The zero-order valence-electron chi connectivity index (χ0n) is 19.7. The molecule has 0 amide bonds. The van der Waals surface area contributed by atoms with Gasteiger partial charge in [-0.3, -0.25) is 4.98 Å². The van der Waals surface area contributed by atoms with Gasteiger partial charge in [-0.05, 0) is 31.7 Å². The van der Waals surface area contributed by atoms with Gasteiger partial charge in [0.1, 0.15) is 12.1 Å². The third kappa shape index (κ3) is 4.25. The number of imidazole rings is 1. The van der Waals surface area contributed by atoms with Gasteiger partial charge in [-0.1, -0.05) is 0 Å². The molecular formula is C24H27N9O2S. The van der Waals surface area contributed by atoms with Crippen LogP contribution in [0.4, 0.5) is 11.5 Å². The molecule has 0 bridgehead atoms. The van der Waals surface area contributed by atoms with E-state index in [9.17, 15) is 5.11 Å². The Morgan fingerprint density at radius 2 is 1.94 bits per heavy atom. The van der Waals surface area contributed by atoms with Gasteiger partial charge in [-0.15, -0.1) is 21.5 Å². The summed E-state index contributed by atoms with van der Waals surface area (Å²) in [6, 6.07) is 2.40. The van der Waals surface area contributed by atoms with Crippen LogP contribution >= 0.6 is 11.3 Å². The standard InChI is InChI=1S/C24H27N9O2S/c34-23(28-21-12-36-24(29-21)22-30-27-14-33(22)16-3-4-16)17-9-19(32-11-18(26-13-32)15-1-2-15)20(10-25-17)31-5-7-35-8-6-31/h9-16,23,28,34H,1-8H2. The minimum Gasteiger partial charge on any atom is -0.378 e. The van der Waals surface area contributed by atoms with Crippen molar-refractivity contribution in [3.63, 3.8) is 0 Å². The number of aliphatic hydroxyl groups excluding tert-OH is 1. The molecule has 3 fully saturated rings. The molecule has 3 aliphatic rings. The van der Waals surface area contributed by atoms with Crippen LogP contribution in [0, 0.1) is 0 Å². The summed E-state index contributed by atoms with van der Waals surface area (Å²) < 4.78 is 9.67. The molecule has 0 radical (unpaired) electrons. The van der Waals surface area contributed by atoms with Crippen LogP contribution in [0.25, 0.3) is 16.5 Å². The predicted octanol–water partition coefficient (Wildman–Crippen LogP) is 3.13. The van der Waals surface area contributed by atoms with Crippen molar-refractivity contribution in [2.24, 2.45) is 0 Å². The van der Waals surface area contributed by atoms with Crippen LogP contribution in [-0.4, -0.2) is 65.7 Å². The van der Waals surface area contributed by atoms with Crippen molar-refractivity contribution < 1.29 is 9.84 Å². The van der Waals surface area contributed by atoms with Crippen LogP contribution in [-0.2, 0) is 4.74 Å². The van der Waals surface area contributed by atoms with Crippen molar-refractivity contribution >= 4 is 22.8 Å². The number of hydrogen-bond acceptors (Lipinski definition) is 10. The summed E-state index contributed by atoms with van der Waals surface area (Å²) in [4.78, 5) is 16.2. The number of pyridine rings is 1. The number of anilines is 2. The van der Waals surface area contributed by atoms with Crippen LogP contribution in [0.5, 0.6) is 0 Å². The second kappa shape index (κ2) is 8.95. The number of rotatable bonds is 8. The number of nitrogens with one attached hydrogen (secondary N) is 1. The molecule has 36 heavy (non-hydrogen) atoms. The van der Waals surface area contributed by atoms with Gasteiger partial charge >= 0.3 is 0 Å². The maximum atomic E-state index is 11.0. The molecule has 11 nitrogen and oxygen atoms in total. The van der Waals surface area contributed by atoms with Gasteiger partial charge in [0.05, 0.1) is 48.5 Å².